The molecule has 1 aromatic rings. The highest BCUT2D eigenvalue weighted by Gasteiger charge is 2.12. The van der Waals surface area contributed by atoms with Crippen molar-refractivity contribution in [2.75, 3.05) is 12.9 Å². The fourth-order valence-electron chi connectivity index (χ4n) is 1.89. The number of hydrogen-bond acceptors (Lipinski definition) is 3. The van der Waals surface area contributed by atoms with Crippen LogP contribution in [0.2, 0.25) is 0 Å². The van der Waals surface area contributed by atoms with Crippen LogP contribution in [0.15, 0.2) is 18.2 Å². The van der Waals surface area contributed by atoms with Crippen molar-refractivity contribution in [3.63, 3.8) is 0 Å². The fraction of sp³-hybridized carbons (Fsp3) is 0.600. The first kappa shape index (κ1) is 17.0. The largest absolute Gasteiger partial charge is 0.496 e. The van der Waals surface area contributed by atoms with Gasteiger partial charge in [0.05, 0.1) is 12.9 Å². The molecule has 5 heteroatoms. The summed E-state index contributed by atoms with van der Waals surface area (Å²) in [7, 11) is -1.61. The van der Waals surface area contributed by atoms with Crippen LogP contribution in [0.4, 0.5) is 0 Å². The van der Waals surface area contributed by atoms with Gasteiger partial charge in [0.2, 0.25) is 10.0 Å². The Labute approximate surface area is 122 Å². The Hall–Kier alpha value is -1.07. The number of hydrogen-bond donors (Lipinski definition) is 1. The van der Waals surface area contributed by atoms with E-state index in [1.165, 1.54) is 5.56 Å². The molecular formula is C15H25NO3S. The van der Waals surface area contributed by atoms with E-state index >= 15 is 0 Å². The van der Waals surface area contributed by atoms with Crippen LogP contribution in [0.1, 0.15) is 50.7 Å². The van der Waals surface area contributed by atoms with Crippen molar-refractivity contribution in [3.05, 3.63) is 29.3 Å². The summed E-state index contributed by atoms with van der Waals surface area (Å²) in [6.45, 7) is 6.47. The molecule has 20 heavy (non-hydrogen) atoms. The standard InChI is InChI=1S/C15H25NO3S/c1-5-6-9-20(17,18)16-11-14-10-13(12(2)3)7-8-15(14)19-4/h7-8,10,12,16H,5-6,9,11H2,1-4H3. The van der Waals surface area contributed by atoms with Crippen LogP contribution in [-0.4, -0.2) is 21.3 Å². The molecule has 0 aromatic heterocycles. The lowest BCUT2D eigenvalue weighted by molar-refractivity contribution is 0.409. The molecule has 0 atom stereocenters. The Balaban J connectivity index is 2.82. The summed E-state index contributed by atoms with van der Waals surface area (Å²) in [6, 6.07) is 5.91. The SMILES string of the molecule is CCCCS(=O)(=O)NCc1cc(C(C)C)ccc1OC. The molecule has 4 nitrogen and oxygen atoms in total. The van der Waals surface area contributed by atoms with Crippen LogP contribution in [-0.2, 0) is 16.6 Å². The summed E-state index contributed by atoms with van der Waals surface area (Å²) in [5, 5.41) is 0. The lowest BCUT2D eigenvalue weighted by Crippen LogP contribution is -2.26. The molecule has 0 saturated carbocycles. The highest BCUT2D eigenvalue weighted by Crippen LogP contribution is 2.24. The van der Waals surface area contributed by atoms with Crippen molar-refractivity contribution in [3.8, 4) is 5.75 Å². The number of ether oxygens (including phenoxy) is 1. The minimum Gasteiger partial charge on any atom is -0.496 e. The van der Waals surface area contributed by atoms with Crippen molar-refractivity contribution in [1.82, 2.24) is 4.72 Å². The molecule has 0 heterocycles. The summed E-state index contributed by atoms with van der Waals surface area (Å²) in [5.74, 6) is 1.29. The van der Waals surface area contributed by atoms with Crippen LogP contribution >= 0.6 is 0 Å². The molecule has 1 N–H and O–H groups in total. The van der Waals surface area contributed by atoms with Gasteiger partial charge in [-0.15, -0.1) is 0 Å². The molecule has 0 radical (unpaired) electrons. The van der Waals surface area contributed by atoms with Crippen LogP contribution in [0.25, 0.3) is 0 Å². The normalized spacial score (nSPS) is 11.8. The minimum absolute atomic E-state index is 0.176. The Bertz CT molecular complexity index is 524. The number of sulfonamides is 1. The maximum absolute atomic E-state index is 11.8. The van der Waals surface area contributed by atoms with Gasteiger partial charge in [0, 0.05) is 12.1 Å². The highest BCUT2D eigenvalue weighted by atomic mass is 32.2. The molecule has 0 spiro atoms. The molecule has 0 unspecified atom stereocenters. The van der Waals surface area contributed by atoms with E-state index in [2.05, 4.69) is 18.6 Å². The van der Waals surface area contributed by atoms with Crippen LogP contribution in [0.5, 0.6) is 5.75 Å². The third kappa shape index (κ3) is 5.13. The Kier molecular flexibility index (Phi) is 6.49. The van der Waals surface area contributed by atoms with Gasteiger partial charge < -0.3 is 4.74 Å². The maximum Gasteiger partial charge on any atom is 0.211 e. The zero-order chi connectivity index (χ0) is 15.2. The number of rotatable bonds is 8. The molecule has 114 valence electrons. The predicted octanol–water partition coefficient (Wildman–Crippen LogP) is 3.04. The monoisotopic (exact) mass is 299 g/mol. The lowest BCUT2D eigenvalue weighted by atomic mass is 10.0. The number of nitrogens with one attached hydrogen (secondary N) is 1. The first-order valence-electron chi connectivity index (χ1n) is 7.03. The van der Waals surface area contributed by atoms with Crippen molar-refractivity contribution in [1.29, 1.82) is 0 Å². The van der Waals surface area contributed by atoms with E-state index in [0.29, 0.717) is 18.1 Å². The van der Waals surface area contributed by atoms with Crippen molar-refractivity contribution in [2.45, 2.75) is 46.1 Å². The zero-order valence-corrected chi connectivity index (χ0v) is 13.6. The zero-order valence-electron chi connectivity index (χ0n) is 12.8. The lowest BCUT2D eigenvalue weighted by Gasteiger charge is -2.13. The number of methoxy groups -OCH3 is 1. The van der Waals surface area contributed by atoms with Crippen molar-refractivity contribution in [2.24, 2.45) is 0 Å². The molecule has 0 aliphatic heterocycles. The molecule has 0 aliphatic carbocycles. The molecule has 1 rings (SSSR count). The van der Waals surface area contributed by atoms with Gasteiger partial charge in [-0.2, -0.15) is 0 Å². The number of benzene rings is 1. The predicted molar refractivity (Wildman–Crippen MR) is 82.6 cm³/mol. The second-order valence-electron chi connectivity index (χ2n) is 5.22. The van der Waals surface area contributed by atoms with Crippen LogP contribution < -0.4 is 9.46 Å². The Morgan fingerprint density at radius 1 is 1.30 bits per heavy atom. The van der Waals surface area contributed by atoms with E-state index in [9.17, 15) is 8.42 Å². The Morgan fingerprint density at radius 2 is 2.00 bits per heavy atom. The second kappa shape index (κ2) is 7.64. The van der Waals surface area contributed by atoms with Gasteiger partial charge in [-0.3, -0.25) is 0 Å². The third-order valence-corrected chi connectivity index (χ3v) is 4.63. The average Bonchev–Trinajstić information content (AvgIpc) is 2.42. The van der Waals surface area contributed by atoms with E-state index in [4.69, 9.17) is 4.74 Å². The highest BCUT2D eigenvalue weighted by molar-refractivity contribution is 7.89. The quantitative estimate of drug-likeness (QED) is 0.802. The summed E-state index contributed by atoms with van der Waals surface area (Å²) in [5.41, 5.74) is 2.05. The van der Waals surface area contributed by atoms with E-state index in [0.717, 1.165) is 12.0 Å². The topological polar surface area (TPSA) is 55.4 Å². The maximum atomic E-state index is 11.8. The summed E-state index contributed by atoms with van der Waals surface area (Å²) >= 11 is 0. The molecule has 0 amide bonds. The van der Waals surface area contributed by atoms with E-state index < -0.39 is 10.0 Å². The smallest absolute Gasteiger partial charge is 0.211 e. The van der Waals surface area contributed by atoms with E-state index in [1.807, 2.05) is 25.1 Å². The summed E-state index contributed by atoms with van der Waals surface area (Å²) < 4.78 is 31.6. The van der Waals surface area contributed by atoms with Gasteiger partial charge in [0.25, 0.3) is 0 Å². The summed E-state index contributed by atoms with van der Waals surface area (Å²) in [4.78, 5) is 0. The molecule has 0 aliphatic rings. The first-order chi connectivity index (χ1) is 9.39. The summed E-state index contributed by atoms with van der Waals surface area (Å²) in [6.07, 6.45) is 1.55. The first-order valence-corrected chi connectivity index (χ1v) is 8.69. The number of unbranched alkanes of at least 4 members (excludes halogenated alkanes) is 1. The fourth-order valence-corrected chi connectivity index (χ4v) is 3.08. The molecule has 0 fully saturated rings. The molecule has 0 bridgehead atoms. The second-order valence-corrected chi connectivity index (χ2v) is 7.15. The van der Waals surface area contributed by atoms with E-state index in [-0.39, 0.29) is 12.3 Å². The van der Waals surface area contributed by atoms with Crippen LogP contribution in [0, 0.1) is 0 Å². The van der Waals surface area contributed by atoms with Gasteiger partial charge >= 0.3 is 0 Å². The van der Waals surface area contributed by atoms with E-state index in [1.54, 1.807) is 7.11 Å². The third-order valence-electron chi connectivity index (χ3n) is 3.22. The van der Waals surface area contributed by atoms with Gasteiger partial charge in [0.15, 0.2) is 0 Å². The molecule has 1 aromatic carbocycles. The average molecular weight is 299 g/mol. The molecule has 0 saturated heterocycles. The van der Waals surface area contributed by atoms with Gasteiger partial charge in [-0.05, 0) is 24.0 Å². The van der Waals surface area contributed by atoms with Crippen molar-refractivity contribution >= 4 is 10.0 Å². The van der Waals surface area contributed by atoms with Gasteiger partial charge in [-0.1, -0.05) is 39.3 Å². The van der Waals surface area contributed by atoms with Gasteiger partial charge in [-0.25, -0.2) is 13.1 Å². The Morgan fingerprint density at radius 3 is 2.55 bits per heavy atom. The molecular weight excluding hydrogens is 274 g/mol. The van der Waals surface area contributed by atoms with Crippen molar-refractivity contribution < 1.29 is 13.2 Å². The van der Waals surface area contributed by atoms with Gasteiger partial charge in [0.1, 0.15) is 5.75 Å². The van der Waals surface area contributed by atoms with Crippen LogP contribution in [0.3, 0.4) is 0 Å². The minimum atomic E-state index is -3.21.